The molecule has 0 aliphatic carbocycles. The second-order valence-electron chi connectivity index (χ2n) is 7.02. The number of rotatable bonds is 5. The Labute approximate surface area is 132 Å². The highest BCUT2D eigenvalue weighted by molar-refractivity contribution is 6.59. The first-order valence-corrected chi connectivity index (χ1v) is 7.88. The summed E-state index contributed by atoms with van der Waals surface area (Å²) in [5, 5.41) is 25.1. The van der Waals surface area contributed by atoms with Crippen LogP contribution in [0.1, 0.15) is 58.9 Å². The third kappa shape index (κ3) is 3.71. The summed E-state index contributed by atoms with van der Waals surface area (Å²) in [6.45, 7) is 9.40. The van der Waals surface area contributed by atoms with Gasteiger partial charge < -0.3 is 19.5 Å². The van der Waals surface area contributed by atoms with E-state index >= 15 is 0 Å². The predicted molar refractivity (Wildman–Crippen MR) is 84.9 cm³/mol. The van der Waals surface area contributed by atoms with Gasteiger partial charge in [0.25, 0.3) is 0 Å². The second kappa shape index (κ2) is 6.32. The summed E-state index contributed by atoms with van der Waals surface area (Å²) in [5.74, 6) is 0. The van der Waals surface area contributed by atoms with Gasteiger partial charge >= 0.3 is 7.12 Å². The number of hydrogen-bond acceptors (Lipinski definition) is 5. The van der Waals surface area contributed by atoms with E-state index in [-0.39, 0.29) is 6.23 Å². The Hall–Kier alpha value is -0.885. The van der Waals surface area contributed by atoms with Crippen LogP contribution in [0.3, 0.4) is 0 Å². The SMILES string of the molecule is Cc1cc(B(O)OC(C)(C)C(C)(C)O)n(C2CCCCO2)n1. The van der Waals surface area contributed by atoms with Crippen molar-refractivity contribution < 1.29 is 19.5 Å². The van der Waals surface area contributed by atoms with Crippen LogP contribution in [-0.2, 0) is 9.39 Å². The molecule has 124 valence electrons. The summed E-state index contributed by atoms with van der Waals surface area (Å²) in [5.41, 5.74) is -0.646. The van der Waals surface area contributed by atoms with Gasteiger partial charge in [0.05, 0.1) is 22.5 Å². The van der Waals surface area contributed by atoms with Crippen molar-refractivity contribution in [2.75, 3.05) is 6.61 Å². The average molecular weight is 310 g/mol. The third-order valence-corrected chi connectivity index (χ3v) is 4.45. The van der Waals surface area contributed by atoms with Crippen molar-refractivity contribution in [2.24, 2.45) is 0 Å². The van der Waals surface area contributed by atoms with Gasteiger partial charge in [-0.2, -0.15) is 5.10 Å². The van der Waals surface area contributed by atoms with Crippen molar-refractivity contribution in [1.82, 2.24) is 9.78 Å². The molecule has 1 aliphatic rings. The maximum absolute atomic E-state index is 10.5. The molecule has 1 fully saturated rings. The minimum Gasteiger partial charge on any atom is -0.422 e. The van der Waals surface area contributed by atoms with Crippen LogP contribution in [0.15, 0.2) is 6.07 Å². The highest BCUT2D eigenvalue weighted by Crippen LogP contribution is 2.26. The summed E-state index contributed by atoms with van der Waals surface area (Å²) < 4.78 is 13.2. The summed E-state index contributed by atoms with van der Waals surface area (Å²) >= 11 is 0. The maximum atomic E-state index is 10.5. The standard InChI is InChI=1S/C15H27BN2O4/c1-11-10-12(16(20)22-15(4,5)14(2,3)19)18(17-11)13-8-6-7-9-21-13/h10,13,19-20H,6-9H2,1-5H3. The first kappa shape index (κ1) is 17.5. The Balaban J connectivity index is 2.21. The lowest BCUT2D eigenvalue weighted by Gasteiger charge is -2.38. The molecule has 1 aliphatic heterocycles. The molecule has 7 heteroatoms. The molecule has 2 N–H and O–H groups in total. The average Bonchev–Trinajstić information content (AvgIpc) is 2.80. The minimum absolute atomic E-state index is 0.166. The van der Waals surface area contributed by atoms with Crippen LogP contribution in [0.2, 0.25) is 0 Å². The topological polar surface area (TPSA) is 76.7 Å². The molecule has 1 unspecified atom stereocenters. The minimum atomic E-state index is -1.17. The summed E-state index contributed by atoms with van der Waals surface area (Å²) in [6.07, 6.45) is 2.84. The lowest BCUT2D eigenvalue weighted by Crippen LogP contribution is -2.54. The van der Waals surface area contributed by atoms with Crippen molar-refractivity contribution >= 4 is 12.7 Å². The molecule has 0 amide bonds. The molecule has 0 aromatic carbocycles. The van der Waals surface area contributed by atoms with Gasteiger partial charge in [-0.3, -0.25) is 0 Å². The smallest absolute Gasteiger partial charge is 0.422 e. The van der Waals surface area contributed by atoms with Crippen molar-refractivity contribution in [1.29, 1.82) is 0 Å². The number of aromatic nitrogens is 2. The molecule has 0 bridgehead atoms. The molecule has 2 rings (SSSR count). The highest BCUT2D eigenvalue weighted by Gasteiger charge is 2.41. The first-order valence-electron chi connectivity index (χ1n) is 7.88. The molecule has 6 nitrogen and oxygen atoms in total. The van der Waals surface area contributed by atoms with Crippen LogP contribution in [0.5, 0.6) is 0 Å². The van der Waals surface area contributed by atoms with Crippen LogP contribution < -0.4 is 5.59 Å². The van der Waals surface area contributed by atoms with E-state index in [1.807, 2.05) is 6.92 Å². The molecule has 1 aromatic rings. The molecule has 0 radical (unpaired) electrons. The van der Waals surface area contributed by atoms with Crippen LogP contribution in [0.4, 0.5) is 0 Å². The van der Waals surface area contributed by atoms with E-state index in [0.29, 0.717) is 12.2 Å². The molecular weight excluding hydrogens is 283 g/mol. The molecule has 0 spiro atoms. The largest absolute Gasteiger partial charge is 0.511 e. The fourth-order valence-electron chi connectivity index (χ4n) is 2.35. The van der Waals surface area contributed by atoms with Gasteiger partial charge in [-0.1, -0.05) is 0 Å². The van der Waals surface area contributed by atoms with E-state index < -0.39 is 18.3 Å². The monoisotopic (exact) mass is 310 g/mol. The molecule has 1 saturated heterocycles. The Morgan fingerprint density at radius 1 is 1.36 bits per heavy atom. The van der Waals surface area contributed by atoms with Crippen LogP contribution in [0, 0.1) is 6.92 Å². The fourth-order valence-corrected chi connectivity index (χ4v) is 2.35. The Morgan fingerprint density at radius 2 is 2.05 bits per heavy atom. The van der Waals surface area contributed by atoms with Gasteiger partial charge in [0, 0.05) is 6.61 Å². The van der Waals surface area contributed by atoms with Gasteiger partial charge in [-0.05, 0) is 59.9 Å². The normalized spacial score (nSPS) is 20.2. The third-order valence-electron chi connectivity index (χ3n) is 4.45. The van der Waals surface area contributed by atoms with Crippen molar-refractivity contribution in [3.63, 3.8) is 0 Å². The van der Waals surface area contributed by atoms with E-state index in [0.717, 1.165) is 25.0 Å². The zero-order valence-electron chi connectivity index (χ0n) is 14.2. The molecule has 1 aromatic heterocycles. The van der Waals surface area contributed by atoms with E-state index in [4.69, 9.17) is 9.39 Å². The summed E-state index contributed by atoms with van der Waals surface area (Å²) in [7, 11) is -1.17. The van der Waals surface area contributed by atoms with Crippen LogP contribution in [-0.4, -0.2) is 44.8 Å². The quantitative estimate of drug-likeness (QED) is 0.798. The zero-order chi connectivity index (χ0) is 16.5. The predicted octanol–water partition coefficient (Wildman–Crippen LogP) is 1.14. The maximum Gasteiger partial charge on any atom is 0.511 e. The van der Waals surface area contributed by atoms with E-state index in [1.165, 1.54) is 0 Å². The number of ether oxygens (including phenoxy) is 1. The van der Waals surface area contributed by atoms with Gasteiger partial charge in [0.2, 0.25) is 0 Å². The van der Waals surface area contributed by atoms with E-state index in [9.17, 15) is 10.1 Å². The van der Waals surface area contributed by atoms with E-state index in [2.05, 4.69) is 5.10 Å². The fraction of sp³-hybridized carbons (Fsp3) is 0.800. The lowest BCUT2D eigenvalue weighted by molar-refractivity contribution is -0.0988. The summed E-state index contributed by atoms with van der Waals surface area (Å²) in [4.78, 5) is 0. The van der Waals surface area contributed by atoms with E-state index in [1.54, 1.807) is 38.4 Å². The van der Waals surface area contributed by atoms with Gasteiger partial charge in [0.15, 0.2) is 0 Å². The molecule has 1 atom stereocenters. The highest BCUT2D eigenvalue weighted by atomic mass is 16.6. The number of aryl methyl sites for hydroxylation is 1. The second-order valence-corrected chi connectivity index (χ2v) is 7.02. The first-order chi connectivity index (χ1) is 10.1. The number of aliphatic hydroxyl groups is 1. The van der Waals surface area contributed by atoms with Crippen molar-refractivity contribution in [2.45, 2.75) is 71.3 Å². The molecular formula is C15H27BN2O4. The van der Waals surface area contributed by atoms with Crippen LogP contribution >= 0.6 is 0 Å². The Morgan fingerprint density at radius 3 is 2.59 bits per heavy atom. The Bertz CT molecular complexity index is 504. The Kier molecular flexibility index (Phi) is 5.01. The molecule has 0 saturated carbocycles. The van der Waals surface area contributed by atoms with Gasteiger partial charge in [0.1, 0.15) is 6.23 Å². The summed E-state index contributed by atoms with van der Waals surface area (Å²) in [6, 6.07) is 1.79. The van der Waals surface area contributed by atoms with Crippen molar-refractivity contribution in [3.8, 4) is 0 Å². The number of nitrogens with zero attached hydrogens (tertiary/aromatic N) is 2. The zero-order valence-corrected chi connectivity index (χ0v) is 14.2. The van der Waals surface area contributed by atoms with Gasteiger partial charge in [-0.15, -0.1) is 0 Å². The molecule has 22 heavy (non-hydrogen) atoms. The molecule has 2 heterocycles. The van der Waals surface area contributed by atoms with Crippen LogP contribution in [0.25, 0.3) is 0 Å². The lowest BCUT2D eigenvalue weighted by atomic mass is 9.80. The van der Waals surface area contributed by atoms with Crippen molar-refractivity contribution in [3.05, 3.63) is 11.8 Å². The van der Waals surface area contributed by atoms with Gasteiger partial charge in [-0.25, -0.2) is 4.68 Å². The number of hydrogen-bond donors (Lipinski definition) is 2.